The van der Waals surface area contributed by atoms with Crippen molar-refractivity contribution in [2.75, 3.05) is 11.5 Å². The van der Waals surface area contributed by atoms with Crippen LogP contribution in [0.3, 0.4) is 0 Å². The molecule has 0 aliphatic heterocycles. The van der Waals surface area contributed by atoms with Gasteiger partial charge in [-0.1, -0.05) is 0 Å². The van der Waals surface area contributed by atoms with Crippen molar-refractivity contribution in [1.29, 1.82) is 0 Å². The fraction of sp³-hybridized carbons (Fsp3) is 0. The van der Waals surface area contributed by atoms with Gasteiger partial charge in [0.15, 0.2) is 0 Å². The summed E-state index contributed by atoms with van der Waals surface area (Å²) < 4.78 is 0. The van der Waals surface area contributed by atoms with E-state index in [0.29, 0.717) is 0 Å². The van der Waals surface area contributed by atoms with Gasteiger partial charge in [-0.05, 0) is 0 Å². The Hall–Kier alpha value is -0.870. The van der Waals surface area contributed by atoms with Crippen LogP contribution in [-0.2, 0) is 0 Å². The predicted octanol–water partition coefficient (Wildman–Crippen LogP) is -1.05. The normalized spacial score (nSPS) is 12.9. The van der Waals surface area contributed by atoms with Crippen molar-refractivity contribution in [3.63, 3.8) is 0 Å². The summed E-state index contributed by atoms with van der Waals surface area (Å²) in [5.41, 5.74) is 10.9. The summed E-state index contributed by atoms with van der Waals surface area (Å²) in [6.07, 6.45) is 0. The fourth-order valence-corrected chi connectivity index (χ4v) is 1.92. The maximum absolute atomic E-state index is 8.94. The SMILES string of the molecule is Nc1cccc(N)c1[PH](O)(O)O. The summed E-state index contributed by atoms with van der Waals surface area (Å²) in [5.74, 6) is 0. The summed E-state index contributed by atoms with van der Waals surface area (Å²) in [7, 11) is -4.37. The standard InChI is InChI=1S/C6H11N2O3P/c7-4-2-1-3-5(8)6(4)12(9,10)11/h1-3,9-12H,7-8H2. The van der Waals surface area contributed by atoms with Gasteiger partial charge in [0.1, 0.15) is 0 Å². The molecule has 0 amide bonds. The van der Waals surface area contributed by atoms with Gasteiger partial charge in [0.25, 0.3) is 0 Å². The van der Waals surface area contributed by atoms with Gasteiger partial charge in [0.2, 0.25) is 0 Å². The number of anilines is 2. The van der Waals surface area contributed by atoms with E-state index in [2.05, 4.69) is 0 Å². The van der Waals surface area contributed by atoms with E-state index < -0.39 is 7.94 Å². The van der Waals surface area contributed by atoms with E-state index in [1.807, 2.05) is 0 Å². The van der Waals surface area contributed by atoms with Crippen molar-refractivity contribution in [2.24, 2.45) is 0 Å². The van der Waals surface area contributed by atoms with Crippen LogP contribution in [0.5, 0.6) is 0 Å². The Morgan fingerprint density at radius 2 is 1.42 bits per heavy atom. The van der Waals surface area contributed by atoms with Crippen LogP contribution < -0.4 is 16.8 Å². The Bertz CT molecular complexity index is 277. The van der Waals surface area contributed by atoms with Gasteiger partial charge < -0.3 is 0 Å². The second kappa shape index (κ2) is 2.88. The Morgan fingerprint density at radius 3 is 1.67 bits per heavy atom. The number of nitrogen functional groups attached to an aromatic ring is 2. The number of hydrogen-bond acceptors (Lipinski definition) is 5. The van der Waals surface area contributed by atoms with Crippen LogP contribution in [0.2, 0.25) is 0 Å². The molecule has 0 aromatic heterocycles. The molecule has 0 radical (unpaired) electrons. The first-order valence-corrected chi connectivity index (χ1v) is 5.08. The first kappa shape index (κ1) is 9.22. The average molecular weight is 190 g/mol. The Kier molecular flexibility index (Phi) is 2.21. The molecule has 0 saturated heterocycles. The molecule has 1 rings (SSSR count). The molecule has 0 unspecified atom stereocenters. The molecule has 6 heteroatoms. The van der Waals surface area contributed by atoms with E-state index in [1.165, 1.54) is 12.1 Å². The van der Waals surface area contributed by atoms with Crippen LogP contribution in [0.1, 0.15) is 0 Å². The van der Waals surface area contributed by atoms with E-state index in [-0.39, 0.29) is 16.7 Å². The van der Waals surface area contributed by atoms with E-state index in [1.54, 1.807) is 6.07 Å². The van der Waals surface area contributed by atoms with E-state index in [4.69, 9.17) is 26.1 Å². The number of hydrogen-bond donors (Lipinski definition) is 5. The fourth-order valence-electron chi connectivity index (χ4n) is 0.976. The molecule has 0 spiro atoms. The Balaban J connectivity index is 3.31. The Labute approximate surface area is 69.8 Å². The van der Waals surface area contributed by atoms with Gasteiger partial charge in [-0.15, -0.1) is 0 Å². The molecule has 0 aliphatic rings. The van der Waals surface area contributed by atoms with Gasteiger partial charge in [-0.3, -0.25) is 0 Å². The minimum atomic E-state index is -4.37. The zero-order valence-corrected chi connectivity index (χ0v) is 7.23. The monoisotopic (exact) mass is 190 g/mol. The van der Waals surface area contributed by atoms with Crippen molar-refractivity contribution in [3.8, 4) is 0 Å². The van der Waals surface area contributed by atoms with Crippen molar-refractivity contribution in [1.82, 2.24) is 0 Å². The van der Waals surface area contributed by atoms with E-state index >= 15 is 0 Å². The molecular weight excluding hydrogens is 179 g/mol. The summed E-state index contributed by atoms with van der Waals surface area (Å²) in [5, 5.41) is -0.148. The van der Waals surface area contributed by atoms with E-state index in [0.717, 1.165) is 0 Å². The van der Waals surface area contributed by atoms with E-state index in [9.17, 15) is 0 Å². The summed E-state index contributed by atoms with van der Waals surface area (Å²) in [6, 6.07) is 4.44. The molecule has 0 saturated carbocycles. The molecule has 1 aromatic rings. The Morgan fingerprint density at radius 1 is 1.00 bits per heavy atom. The summed E-state index contributed by atoms with van der Waals surface area (Å²) in [4.78, 5) is 26.8. The molecule has 0 atom stereocenters. The first-order chi connectivity index (χ1) is 5.43. The third kappa shape index (κ3) is 1.65. The quantitative estimate of drug-likeness (QED) is 0.286. The molecule has 12 heavy (non-hydrogen) atoms. The maximum atomic E-state index is 8.94. The molecule has 0 fully saturated rings. The third-order valence-corrected chi connectivity index (χ3v) is 2.71. The van der Waals surface area contributed by atoms with Crippen molar-refractivity contribution < 1.29 is 14.7 Å². The number of rotatable bonds is 1. The molecule has 0 aliphatic carbocycles. The molecule has 1 aromatic carbocycles. The molecule has 7 N–H and O–H groups in total. The number of nitrogens with two attached hydrogens (primary N) is 2. The van der Waals surface area contributed by atoms with Gasteiger partial charge in [-0.2, -0.15) is 0 Å². The topological polar surface area (TPSA) is 113 Å². The second-order valence-electron chi connectivity index (χ2n) is 2.45. The minimum absolute atomic E-state index is 0.0918. The molecular formula is C6H11N2O3P. The molecule has 0 bridgehead atoms. The summed E-state index contributed by atoms with van der Waals surface area (Å²) >= 11 is 0. The van der Waals surface area contributed by atoms with Crippen molar-refractivity contribution in [3.05, 3.63) is 18.2 Å². The molecule has 0 heterocycles. The predicted molar refractivity (Wildman–Crippen MR) is 49.9 cm³/mol. The van der Waals surface area contributed by atoms with Gasteiger partial charge in [0, 0.05) is 0 Å². The number of benzene rings is 1. The third-order valence-electron chi connectivity index (χ3n) is 1.46. The van der Waals surface area contributed by atoms with Gasteiger partial charge in [0.05, 0.1) is 0 Å². The van der Waals surface area contributed by atoms with Crippen molar-refractivity contribution in [2.45, 2.75) is 0 Å². The molecule has 5 nitrogen and oxygen atoms in total. The zero-order chi connectivity index (χ0) is 9.35. The van der Waals surface area contributed by atoms with Crippen LogP contribution in [-0.4, -0.2) is 14.7 Å². The first-order valence-electron chi connectivity index (χ1n) is 3.24. The van der Waals surface area contributed by atoms with Crippen LogP contribution in [0.4, 0.5) is 11.4 Å². The van der Waals surface area contributed by atoms with Gasteiger partial charge in [-0.25, -0.2) is 0 Å². The second-order valence-corrected chi connectivity index (χ2v) is 4.22. The van der Waals surface area contributed by atoms with Crippen LogP contribution in [0.25, 0.3) is 0 Å². The zero-order valence-electron chi connectivity index (χ0n) is 6.23. The van der Waals surface area contributed by atoms with Crippen LogP contribution >= 0.6 is 7.94 Å². The van der Waals surface area contributed by atoms with Crippen LogP contribution in [0.15, 0.2) is 18.2 Å². The van der Waals surface area contributed by atoms with Crippen molar-refractivity contribution >= 4 is 24.6 Å². The summed E-state index contributed by atoms with van der Waals surface area (Å²) in [6.45, 7) is 0. The molecule has 68 valence electrons. The average Bonchev–Trinajstić information content (AvgIpc) is 1.82. The van der Waals surface area contributed by atoms with Gasteiger partial charge >= 0.3 is 69.0 Å². The van der Waals surface area contributed by atoms with Crippen LogP contribution in [0, 0.1) is 0 Å².